The first-order valence-corrected chi connectivity index (χ1v) is 7.41. The molecule has 11 heavy (non-hydrogen) atoms. The van der Waals surface area contributed by atoms with Gasteiger partial charge < -0.3 is 0 Å². The molecule has 0 aromatic rings. The van der Waals surface area contributed by atoms with Crippen LogP contribution in [0.2, 0.25) is 0 Å². The van der Waals surface area contributed by atoms with Crippen LogP contribution in [0.15, 0.2) is 0 Å². The SMILES string of the molecule is CC(C)(C)[P+]1(C)CCCCC1. The maximum absolute atomic E-state index is 2.58. The predicted octanol–water partition coefficient (Wildman–Crippen LogP) is 3.62. The summed E-state index contributed by atoms with van der Waals surface area (Å²) in [7, 11) is -0.547. The molecule has 0 aromatic carbocycles. The summed E-state index contributed by atoms with van der Waals surface area (Å²) in [5.74, 6) is 0. The minimum Gasteiger partial charge on any atom is -0.0464 e. The summed E-state index contributed by atoms with van der Waals surface area (Å²) in [6, 6.07) is 0. The average molecular weight is 173 g/mol. The molecule has 1 heterocycles. The van der Waals surface area contributed by atoms with Crippen molar-refractivity contribution < 1.29 is 0 Å². The summed E-state index contributed by atoms with van der Waals surface area (Å²) in [5.41, 5.74) is 0. The van der Waals surface area contributed by atoms with Crippen LogP contribution in [0.3, 0.4) is 0 Å². The van der Waals surface area contributed by atoms with Crippen molar-refractivity contribution in [2.45, 2.75) is 45.2 Å². The molecule has 1 saturated heterocycles. The lowest BCUT2D eigenvalue weighted by atomic mass is 10.2. The van der Waals surface area contributed by atoms with Gasteiger partial charge in [0, 0.05) is 13.9 Å². The van der Waals surface area contributed by atoms with E-state index >= 15 is 0 Å². The van der Waals surface area contributed by atoms with Crippen molar-refractivity contribution >= 4 is 7.26 Å². The van der Waals surface area contributed by atoms with E-state index in [-0.39, 0.29) is 0 Å². The fraction of sp³-hybridized carbons (Fsp3) is 1.00. The molecule has 0 N–H and O–H groups in total. The first-order chi connectivity index (χ1) is 4.96. The number of hydrogen-bond donors (Lipinski definition) is 0. The van der Waals surface area contributed by atoms with Gasteiger partial charge in [-0.25, -0.2) is 0 Å². The molecular formula is C10H22P+. The van der Waals surface area contributed by atoms with E-state index in [4.69, 9.17) is 0 Å². The Morgan fingerprint density at radius 1 is 0.909 bits per heavy atom. The van der Waals surface area contributed by atoms with Crippen molar-refractivity contribution in [3.05, 3.63) is 0 Å². The number of hydrogen-bond acceptors (Lipinski definition) is 0. The van der Waals surface area contributed by atoms with Gasteiger partial charge in [-0.15, -0.1) is 0 Å². The lowest BCUT2D eigenvalue weighted by molar-refractivity contribution is 0.694. The molecule has 0 radical (unpaired) electrons. The van der Waals surface area contributed by atoms with Gasteiger partial charge in [-0.1, -0.05) is 0 Å². The molecular weight excluding hydrogens is 151 g/mol. The highest BCUT2D eigenvalue weighted by Crippen LogP contribution is 2.68. The zero-order valence-corrected chi connectivity index (χ0v) is 9.38. The maximum Gasteiger partial charge on any atom is 0.0713 e. The lowest BCUT2D eigenvalue weighted by Gasteiger charge is -2.38. The van der Waals surface area contributed by atoms with Crippen LogP contribution >= 0.6 is 7.26 Å². The van der Waals surface area contributed by atoms with Crippen LogP contribution in [0.25, 0.3) is 0 Å². The monoisotopic (exact) mass is 173 g/mol. The molecule has 1 rings (SSSR count). The van der Waals surface area contributed by atoms with Crippen LogP contribution in [0.4, 0.5) is 0 Å². The van der Waals surface area contributed by atoms with Crippen molar-refractivity contribution in [1.29, 1.82) is 0 Å². The Bertz CT molecular complexity index is 126. The van der Waals surface area contributed by atoms with Gasteiger partial charge in [0.05, 0.1) is 17.5 Å². The van der Waals surface area contributed by atoms with E-state index in [0.717, 1.165) is 0 Å². The van der Waals surface area contributed by atoms with E-state index in [2.05, 4.69) is 27.4 Å². The molecule has 0 aliphatic carbocycles. The van der Waals surface area contributed by atoms with Gasteiger partial charge in [-0.05, 0) is 40.0 Å². The van der Waals surface area contributed by atoms with Gasteiger partial charge >= 0.3 is 0 Å². The van der Waals surface area contributed by atoms with Gasteiger partial charge in [0.25, 0.3) is 0 Å². The quantitative estimate of drug-likeness (QED) is 0.491. The fourth-order valence-corrected chi connectivity index (χ4v) is 5.29. The zero-order valence-electron chi connectivity index (χ0n) is 8.48. The Morgan fingerprint density at radius 3 is 1.64 bits per heavy atom. The minimum absolute atomic E-state index is 0.547. The second-order valence-corrected chi connectivity index (χ2v) is 10.1. The Hall–Kier alpha value is 0.430. The topological polar surface area (TPSA) is 0 Å². The third kappa shape index (κ3) is 1.96. The first kappa shape index (κ1) is 9.52. The number of rotatable bonds is 0. The molecule has 0 atom stereocenters. The van der Waals surface area contributed by atoms with E-state index in [1.807, 2.05) is 0 Å². The molecule has 66 valence electrons. The van der Waals surface area contributed by atoms with Gasteiger partial charge in [-0.3, -0.25) is 0 Å². The molecule has 1 fully saturated rings. The molecule has 0 amide bonds. The Labute approximate surface area is 72.1 Å². The van der Waals surface area contributed by atoms with Gasteiger partial charge in [-0.2, -0.15) is 0 Å². The van der Waals surface area contributed by atoms with Crippen molar-refractivity contribution in [2.75, 3.05) is 19.0 Å². The van der Waals surface area contributed by atoms with Crippen molar-refractivity contribution in [3.63, 3.8) is 0 Å². The first-order valence-electron chi connectivity index (χ1n) is 4.80. The standard InChI is InChI=1S/C10H22P/c1-10(2,3)11(4)8-6-5-7-9-11/h5-9H2,1-4H3/q+1. The van der Waals surface area contributed by atoms with Crippen LogP contribution in [-0.4, -0.2) is 24.1 Å². The molecule has 1 aliphatic rings. The Kier molecular flexibility index (Phi) is 2.64. The van der Waals surface area contributed by atoms with Crippen LogP contribution in [0.5, 0.6) is 0 Å². The molecule has 1 aliphatic heterocycles. The second kappa shape index (κ2) is 3.05. The van der Waals surface area contributed by atoms with Crippen LogP contribution < -0.4 is 0 Å². The molecule has 0 bridgehead atoms. The molecule has 0 spiro atoms. The van der Waals surface area contributed by atoms with Crippen molar-refractivity contribution in [2.24, 2.45) is 0 Å². The van der Waals surface area contributed by atoms with Gasteiger partial charge in [0.2, 0.25) is 0 Å². The summed E-state index contributed by atoms with van der Waals surface area (Å²) in [5, 5.41) is 0.618. The molecule has 0 aromatic heterocycles. The van der Waals surface area contributed by atoms with Gasteiger partial charge in [0.1, 0.15) is 0 Å². The van der Waals surface area contributed by atoms with Crippen molar-refractivity contribution in [1.82, 2.24) is 0 Å². The Balaban J connectivity index is 2.64. The molecule has 1 heteroatoms. The van der Waals surface area contributed by atoms with E-state index in [1.165, 1.54) is 19.3 Å². The largest absolute Gasteiger partial charge is 0.0713 e. The summed E-state index contributed by atoms with van der Waals surface area (Å²) in [4.78, 5) is 0. The summed E-state index contributed by atoms with van der Waals surface area (Å²) in [6.07, 6.45) is 7.60. The smallest absolute Gasteiger partial charge is 0.0464 e. The third-order valence-electron chi connectivity index (χ3n) is 3.42. The highest BCUT2D eigenvalue weighted by molar-refractivity contribution is 7.76. The van der Waals surface area contributed by atoms with Crippen molar-refractivity contribution in [3.8, 4) is 0 Å². The highest BCUT2D eigenvalue weighted by atomic mass is 31.2. The fourth-order valence-electron chi connectivity index (χ4n) is 1.88. The summed E-state index contributed by atoms with van der Waals surface area (Å²) >= 11 is 0. The van der Waals surface area contributed by atoms with Crippen LogP contribution in [0, 0.1) is 0 Å². The van der Waals surface area contributed by atoms with E-state index in [9.17, 15) is 0 Å². The molecule has 0 nitrogen and oxygen atoms in total. The molecule has 0 unspecified atom stereocenters. The zero-order chi connectivity index (χ0) is 8.54. The summed E-state index contributed by atoms with van der Waals surface area (Å²) in [6.45, 7) is 9.89. The average Bonchev–Trinajstić information content (AvgIpc) is 1.87. The van der Waals surface area contributed by atoms with Crippen LogP contribution in [0.1, 0.15) is 40.0 Å². The van der Waals surface area contributed by atoms with Gasteiger partial charge in [0.15, 0.2) is 0 Å². The molecule has 0 saturated carbocycles. The Morgan fingerprint density at radius 2 is 1.36 bits per heavy atom. The minimum atomic E-state index is -0.547. The predicted molar refractivity (Wildman–Crippen MR) is 56.2 cm³/mol. The normalized spacial score (nSPS) is 25.1. The summed E-state index contributed by atoms with van der Waals surface area (Å²) < 4.78 is 0. The van der Waals surface area contributed by atoms with E-state index in [1.54, 1.807) is 12.3 Å². The lowest BCUT2D eigenvalue weighted by Crippen LogP contribution is -2.26. The van der Waals surface area contributed by atoms with E-state index < -0.39 is 7.26 Å². The maximum atomic E-state index is 2.58. The second-order valence-electron chi connectivity index (χ2n) is 5.07. The highest BCUT2D eigenvalue weighted by Gasteiger charge is 2.44. The van der Waals surface area contributed by atoms with Crippen LogP contribution in [-0.2, 0) is 0 Å². The third-order valence-corrected chi connectivity index (χ3v) is 9.27. The van der Waals surface area contributed by atoms with E-state index in [0.29, 0.717) is 5.16 Å².